The van der Waals surface area contributed by atoms with Crippen LogP contribution >= 0.6 is 11.3 Å². The summed E-state index contributed by atoms with van der Waals surface area (Å²) < 4.78 is 13.2. The van der Waals surface area contributed by atoms with Gasteiger partial charge in [0, 0.05) is 18.2 Å². The number of nitrogens with one attached hydrogen (secondary N) is 1. The zero-order valence-electron chi connectivity index (χ0n) is 12.6. The van der Waals surface area contributed by atoms with Crippen LogP contribution in [0.3, 0.4) is 0 Å². The molecule has 7 heteroatoms. The van der Waals surface area contributed by atoms with Crippen LogP contribution in [0, 0.1) is 12.7 Å². The third-order valence-corrected chi connectivity index (χ3v) is 4.21. The second kappa shape index (κ2) is 6.87. The predicted molar refractivity (Wildman–Crippen MR) is 86.2 cm³/mol. The van der Waals surface area contributed by atoms with Gasteiger partial charge in [0.25, 0.3) is 5.91 Å². The number of benzene rings is 1. The number of carbonyl (C=O) groups excluding carboxylic acids is 1. The van der Waals surface area contributed by atoms with Crippen molar-refractivity contribution in [2.24, 2.45) is 5.16 Å². The second-order valence-corrected chi connectivity index (χ2v) is 6.42. The summed E-state index contributed by atoms with van der Waals surface area (Å²) in [4.78, 5) is 21.4. The lowest BCUT2D eigenvalue weighted by Gasteiger charge is -2.08. The minimum Gasteiger partial charge on any atom is -0.390 e. The van der Waals surface area contributed by atoms with Gasteiger partial charge in [-0.1, -0.05) is 17.3 Å². The highest BCUT2D eigenvalue weighted by molar-refractivity contribution is 7.09. The Kier molecular flexibility index (Phi) is 4.66. The molecule has 5 nitrogen and oxygen atoms in total. The number of aryl methyl sites for hydroxylation is 1. The van der Waals surface area contributed by atoms with Crippen LogP contribution in [0.4, 0.5) is 4.39 Å². The Bertz CT molecular complexity index is 744. The van der Waals surface area contributed by atoms with Gasteiger partial charge >= 0.3 is 0 Å². The maximum atomic E-state index is 13.2. The minimum atomic E-state index is -0.260. The lowest BCUT2D eigenvalue weighted by Crippen LogP contribution is -2.32. The van der Waals surface area contributed by atoms with E-state index in [4.69, 9.17) is 4.84 Å². The van der Waals surface area contributed by atoms with Crippen molar-refractivity contribution in [3.05, 3.63) is 51.7 Å². The molecule has 1 amide bonds. The zero-order chi connectivity index (χ0) is 16.2. The van der Waals surface area contributed by atoms with Crippen molar-refractivity contribution in [2.45, 2.75) is 25.9 Å². The summed E-state index contributed by atoms with van der Waals surface area (Å²) >= 11 is 1.44. The van der Waals surface area contributed by atoms with Crippen LogP contribution < -0.4 is 5.32 Å². The molecule has 1 aliphatic heterocycles. The van der Waals surface area contributed by atoms with E-state index in [9.17, 15) is 9.18 Å². The second-order valence-electron chi connectivity index (χ2n) is 5.36. The van der Waals surface area contributed by atoms with Crippen LogP contribution in [0.15, 0.2) is 34.8 Å². The molecule has 0 bridgehead atoms. The highest BCUT2D eigenvalue weighted by atomic mass is 32.1. The van der Waals surface area contributed by atoms with Crippen molar-refractivity contribution in [1.82, 2.24) is 10.3 Å². The molecule has 120 valence electrons. The van der Waals surface area contributed by atoms with Crippen LogP contribution in [0.25, 0.3) is 0 Å². The van der Waals surface area contributed by atoms with Crippen LogP contribution in [0.5, 0.6) is 0 Å². The van der Waals surface area contributed by atoms with E-state index in [-0.39, 0.29) is 17.8 Å². The highest BCUT2D eigenvalue weighted by Gasteiger charge is 2.22. The van der Waals surface area contributed by atoms with Gasteiger partial charge in [-0.15, -0.1) is 11.3 Å². The average molecular weight is 333 g/mol. The molecular formula is C16H16FN3O2S. The van der Waals surface area contributed by atoms with Gasteiger partial charge in [0.1, 0.15) is 17.6 Å². The molecule has 1 aliphatic rings. The number of carbonyl (C=O) groups is 1. The molecule has 0 saturated heterocycles. The molecule has 3 rings (SSSR count). The molecule has 1 unspecified atom stereocenters. The average Bonchev–Trinajstić information content (AvgIpc) is 3.14. The summed E-state index contributed by atoms with van der Waals surface area (Å²) in [5, 5.41) is 9.40. The summed E-state index contributed by atoms with van der Waals surface area (Å²) in [6.07, 6.45) is 0.975. The van der Waals surface area contributed by atoms with E-state index in [1.807, 2.05) is 13.0 Å². The monoisotopic (exact) mass is 333 g/mol. The number of hydrogen-bond acceptors (Lipinski definition) is 5. The molecule has 0 saturated carbocycles. The number of nitrogens with zero attached hydrogens (tertiary/aromatic N) is 2. The van der Waals surface area contributed by atoms with E-state index in [1.54, 1.807) is 11.4 Å². The van der Waals surface area contributed by atoms with Crippen LogP contribution in [0.2, 0.25) is 0 Å². The minimum absolute atomic E-state index is 0.192. The fourth-order valence-corrected chi connectivity index (χ4v) is 2.94. The third kappa shape index (κ3) is 4.13. The van der Waals surface area contributed by atoms with E-state index in [1.165, 1.54) is 23.5 Å². The molecule has 0 fully saturated rings. The zero-order valence-corrected chi connectivity index (χ0v) is 13.4. The number of rotatable bonds is 5. The Morgan fingerprint density at radius 3 is 3.13 bits per heavy atom. The molecular weight excluding hydrogens is 317 g/mol. The van der Waals surface area contributed by atoms with Crippen LogP contribution in [-0.2, 0) is 11.3 Å². The third-order valence-electron chi connectivity index (χ3n) is 3.43. The maximum Gasteiger partial charge on any atom is 0.270 e. The first kappa shape index (κ1) is 15.6. The van der Waals surface area contributed by atoms with Crippen molar-refractivity contribution < 1.29 is 14.0 Å². The van der Waals surface area contributed by atoms with Crippen molar-refractivity contribution in [1.29, 1.82) is 0 Å². The van der Waals surface area contributed by atoms with Crippen molar-refractivity contribution in [3.8, 4) is 0 Å². The van der Waals surface area contributed by atoms with E-state index in [0.29, 0.717) is 25.1 Å². The quantitative estimate of drug-likeness (QED) is 0.915. The fraction of sp³-hybridized carbons (Fsp3) is 0.312. The van der Waals surface area contributed by atoms with Crippen molar-refractivity contribution >= 4 is 23.0 Å². The summed E-state index contributed by atoms with van der Waals surface area (Å²) in [7, 11) is 0. The molecule has 1 N–H and O–H groups in total. The largest absolute Gasteiger partial charge is 0.390 e. The SMILES string of the molecule is Cc1nc(C(=O)NCC2CC(Cc3cccc(F)c3)=NO2)cs1. The number of oxime groups is 1. The van der Waals surface area contributed by atoms with E-state index in [0.717, 1.165) is 16.3 Å². The van der Waals surface area contributed by atoms with E-state index < -0.39 is 0 Å². The Balaban J connectivity index is 1.47. The first-order chi connectivity index (χ1) is 11.1. The number of halogens is 1. The number of thiazole rings is 1. The number of aromatic nitrogens is 1. The smallest absolute Gasteiger partial charge is 0.270 e. The van der Waals surface area contributed by atoms with Crippen molar-refractivity contribution in [2.75, 3.05) is 6.54 Å². The van der Waals surface area contributed by atoms with E-state index in [2.05, 4.69) is 15.5 Å². The Labute approximate surface area is 137 Å². The summed E-state index contributed by atoms with van der Waals surface area (Å²) in [6, 6.07) is 6.43. The Morgan fingerprint density at radius 2 is 2.39 bits per heavy atom. The predicted octanol–water partition coefficient (Wildman–Crippen LogP) is 2.71. The molecule has 2 heterocycles. The van der Waals surface area contributed by atoms with Gasteiger partial charge in [0.2, 0.25) is 0 Å². The first-order valence-electron chi connectivity index (χ1n) is 7.26. The number of hydrogen-bond donors (Lipinski definition) is 1. The molecule has 1 aromatic carbocycles. The van der Waals surface area contributed by atoms with Gasteiger partial charge in [0.15, 0.2) is 0 Å². The summed E-state index contributed by atoms with van der Waals surface area (Å²) in [6.45, 7) is 2.22. The fourth-order valence-electron chi connectivity index (χ4n) is 2.35. The highest BCUT2D eigenvalue weighted by Crippen LogP contribution is 2.15. The Hall–Kier alpha value is -2.28. The molecule has 2 aromatic rings. The topological polar surface area (TPSA) is 63.6 Å². The van der Waals surface area contributed by atoms with Crippen molar-refractivity contribution in [3.63, 3.8) is 0 Å². The van der Waals surface area contributed by atoms with Gasteiger partial charge < -0.3 is 10.2 Å². The molecule has 0 radical (unpaired) electrons. The first-order valence-corrected chi connectivity index (χ1v) is 8.14. The molecule has 1 aromatic heterocycles. The summed E-state index contributed by atoms with van der Waals surface area (Å²) in [5.74, 6) is -0.471. The van der Waals surface area contributed by atoms with Gasteiger partial charge in [-0.3, -0.25) is 4.79 Å². The van der Waals surface area contributed by atoms with Crippen LogP contribution in [-0.4, -0.2) is 29.3 Å². The van der Waals surface area contributed by atoms with E-state index >= 15 is 0 Å². The van der Waals surface area contributed by atoms with Gasteiger partial charge in [-0.25, -0.2) is 9.37 Å². The lowest BCUT2D eigenvalue weighted by molar-refractivity contribution is 0.0751. The maximum absolute atomic E-state index is 13.2. The number of amides is 1. The molecule has 1 atom stereocenters. The summed E-state index contributed by atoms with van der Waals surface area (Å²) in [5.41, 5.74) is 2.13. The molecule has 23 heavy (non-hydrogen) atoms. The lowest BCUT2D eigenvalue weighted by atomic mass is 10.0. The van der Waals surface area contributed by atoms with Gasteiger partial charge in [-0.2, -0.15) is 0 Å². The van der Waals surface area contributed by atoms with Gasteiger partial charge in [-0.05, 0) is 24.6 Å². The van der Waals surface area contributed by atoms with Gasteiger partial charge in [0.05, 0.1) is 17.3 Å². The molecule has 0 spiro atoms. The standard InChI is InChI=1S/C16H16FN3O2S/c1-10-19-15(9-23-10)16(21)18-8-14-7-13(20-22-14)6-11-3-2-4-12(17)5-11/h2-5,9,14H,6-8H2,1H3,(H,18,21). The molecule has 0 aliphatic carbocycles. The van der Waals surface area contributed by atoms with Crippen LogP contribution in [0.1, 0.15) is 27.5 Å². The normalized spacial score (nSPS) is 16.8. The Morgan fingerprint density at radius 1 is 1.52 bits per heavy atom.